The summed E-state index contributed by atoms with van der Waals surface area (Å²) in [5.74, 6) is 1.52. The fourth-order valence-corrected chi connectivity index (χ4v) is 2.49. The smallest absolute Gasteiger partial charge is 0.119 e. The van der Waals surface area contributed by atoms with Gasteiger partial charge in [0.05, 0.1) is 7.11 Å². The van der Waals surface area contributed by atoms with Gasteiger partial charge in [-0.25, -0.2) is 0 Å². The molecule has 0 bridgehead atoms. The van der Waals surface area contributed by atoms with Crippen LogP contribution < -0.4 is 4.74 Å². The molecule has 1 heterocycles. The number of hydrogen-bond acceptors (Lipinski definition) is 3. The molecule has 0 N–H and O–H groups in total. The molecule has 1 aromatic carbocycles. The predicted molar refractivity (Wildman–Crippen MR) is 79.9 cm³/mol. The summed E-state index contributed by atoms with van der Waals surface area (Å²) in [6.07, 6.45) is 0. The Morgan fingerprint density at radius 3 is 2.37 bits per heavy atom. The topological polar surface area (TPSA) is 15.7 Å². The average molecular weight is 262 g/mol. The normalized spacial score (nSPS) is 17.9. The van der Waals surface area contributed by atoms with Gasteiger partial charge in [0.1, 0.15) is 5.75 Å². The van der Waals surface area contributed by atoms with E-state index in [0.717, 1.165) is 25.4 Å². The number of hydrogen-bond donors (Lipinski definition) is 0. The first kappa shape index (κ1) is 14.4. The maximum Gasteiger partial charge on any atom is 0.119 e. The Morgan fingerprint density at radius 2 is 1.79 bits per heavy atom. The van der Waals surface area contributed by atoms with Gasteiger partial charge in [-0.2, -0.15) is 0 Å². The zero-order valence-corrected chi connectivity index (χ0v) is 12.6. The van der Waals surface area contributed by atoms with Crippen LogP contribution in [0.3, 0.4) is 0 Å². The van der Waals surface area contributed by atoms with Crippen molar-refractivity contribution in [3.8, 4) is 5.75 Å². The van der Waals surface area contributed by atoms with Crippen molar-refractivity contribution in [1.82, 2.24) is 9.80 Å². The number of piperazine rings is 1. The van der Waals surface area contributed by atoms with E-state index in [1.54, 1.807) is 7.11 Å². The van der Waals surface area contributed by atoms with Crippen LogP contribution in [-0.4, -0.2) is 50.1 Å². The van der Waals surface area contributed by atoms with Gasteiger partial charge in [0.2, 0.25) is 0 Å². The Kier molecular flexibility index (Phi) is 4.83. The monoisotopic (exact) mass is 262 g/mol. The van der Waals surface area contributed by atoms with Gasteiger partial charge in [0.15, 0.2) is 0 Å². The maximum absolute atomic E-state index is 5.43. The van der Waals surface area contributed by atoms with Gasteiger partial charge in [-0.05, 0) is 36.2 Å². The Hall–Kier alpha value is -1.06. The first-order valence-corrected chi connectivity index (χ1v) is 7.17. The number of nitrogens with zero attached hydrogens (tertiary/aromatic N) is 2. The molecule has 1 aliphatic rings. The van der Waals surface area contributed by atoms with Crippen LogP contribution >= 0.6 is 0 Å². The minimum Gasteiger partial charge on any atom is -0.497 e. The predicted octanol–water partition coefficient (Wildman–Crippen LogP) is 2.57. The SMILES string of the molecule is COc1cc(CN2CCN(C)CC2)cc(C(C)C)c1. The van der Waals surface area contributed by atoms with Gasteiger partial charge < -0.3 is 9.64 Å². The van der Waals surface area contributed by atoms with E-state index in [1.807, 2.05) is 0 Å². The molecule has 0 saturated carbocycles. The second-order valence-corrected chi connectivity index (χ2v) is 5.85. The lowest BCUT2D eigenvalue weighted by atomic mass is 10.00. The number of likely N-dealkylation sites (N-methyl/N-ethyl adjacent to an activating group) is 1. The largest absolute Gasteiger partial charge is 0.497 e. The van der Waals surface area contributed by atoms with Crippen molar-refractivity contribution in [1.29, 1.82) is 0 Å². The molecule has 0 aliphatic carbocycles. The maximum atomic E-state index is 5.43. The van der Waals surface area contributed by atoms with E-state index in [2.05, 4.69) is 48.9 Å². The molecule has 1 fully saturated rings. The molecule has 0 atom stereocenters. The molecule has 0 amide bonds. The Bertz CT molecular complexity index is 409. The number of methoxy groups -OCH3 is 1. The first-order chi connectivity index (χ1) is 9.08. The lowest BCUT2D eigenvalue weighted by Crippen LogP contribution is -2.43. The van der Waals surface area contributed by atoms with Crippen LogP contribution in [0, 0.1) is 0 Å². The van der Waals surface area contributed by atoms with E-state index >= 15 is 0 Å². The highest BCUT2D eigenvalue weighted by atomic mass is 16.5. The molecule has 3 nitrogen and oxygen atoms in total. The van der Waals surface area contributed by atoms with Crippen LogP contribution in [0.1, 0.15) is 30.9 Å². The Balaban J connectivity index is 2.08. The average Bonchev–Trinajstić information content (AvgIpc) is 2.41. The molecule has 0 unspecified atom stereocenters. The lowest BCUT2D eigenvalue weighted by molar-refractivity contribution is 0.148. The second-order valence-electron chi connectivity index (χ2n) is 5.85. The summed E-state index contributed by atoms with van der Waals surface area (Å²) in [6, 6.07) is 6.65. The summed E-state index contributed by atoms with van der Waals surface area (Å²) in [5, 5.41) is 0. The molecule has 1 aromatic rings. The Morgan fingerprint density at radius 1 is 1.11 bits per heavy atom. The molecule has 0 spiro atoms. The number of rotatable bonds is 4. The molecule has 19 heavy (non-hydrogen) atoms. The van der Waals surface area contributed by atoms with Gasteiger partial charge in [-0.1, -0.05) is 19.9 Å². The first-order valence-electron chi connectivity index (χ1n) is 7.17. The van der Waals surface area contributed by atoms with Gasteiger partial charge >= 0.3 is 0 Å². The summed E-state index contributed by atoms with van der Waals surface area (Å²) in [5.41, 5.74) is 2.73. The van der Waals surface area contributed by atoms with E-state index in [0.29, 0.717) is 5.92 Å². The number of ether oxygens (including phenoxy) is 1. The standard InChI is InChI=1S/C16H26N2O/c1-13(2)15-9-14(10-16(11-15)19-4)12-18-7-5-17(3)6-8-18/h9-11,13H,5-8,12H2,1-4H3. The number of benzene rings is 1. The van der Waals surface area contributed by atoms with Crippen LogP contribution in [0.5, 0.6) is 5.75 Å². The van der Waals surface area contributed by atoms with Gasteiger partial charge in [-0.15, -0.1) is 0 Å². The minimum atomic E-state index is 0.543. The highest BCUT2D eigenvalue weighted by Gasteiger charge is 2.14. The summed E-state index contributed by atoms with van der Waals surface area (Å²) >= 11 is 0. The van der Waals surface area contributed by atoms with Crippen LogP contribution in [0.25, 0.3) is 0 Å². The van der Waals surface area contributed by atoms with Crippen LogP contribution in [0.2, 0.25) is 0 Å². The van der Waals surface area contributed by atoms with Crippen molar-refractivity contribution in [2.45, 2.75) is 26.3 Å². The highest BCUT2D eigenvalue weighted by Crippen LogP contribution is 2.24. The molecule has 0 radical (unpaired) electrons. The third kappa shape index (κ3) is 3.95. The van der Waals surface area contributed by atoms with Crippen molar-refractivity contribution in [2.75, 3.05) is 40.3 Å². The van der Waals surface area contributed by atoms with E-state index < -0.39 is 0 Å². The van der Waals surface area contributed by atoms with Crippen molar-refractivity contribution in [3.05, 3.63) is 29.3 Å². The van der Waals surface area contributed by atoms with Crippen molar-refractivity contribution < 1.29 is 4.74 Å². The third-order valence-corrected chi connectivity index (χ3v) is 3.89. The zero-order valence-electron chi connectivity index (χ0n) is 12.6. The quantitative estimate of drug-likeness (QED) is 0.829. The molecule has 0 aromatic heterocycles. The van der Waals surface area contributed by atoms with E-state index in [9.17, 15) is 0 Å². The van der Waals surface area contributed by atoms with E-state index in [1.165, 1.54) is 24.2 Å². The summed E-state index contributed by atoms with van der Waals surface area (Å²) in [6.45, 7) is 10.1. The summed E-state index contributed by atoms with van der Waals surface area (Å²) in [4.78, 5) is 4.92. The van der Waals surface area contributed by atoms with Gasteiger partial charge in [-0.3, -0.25) is 4.90 Å². The molecule has 2 rings (SSSR count). The minimum absolute atomic E-state index is 0.543. The van der Waals surface area contributed by atoms with Crippen molar-refractivity contribution >= 4 is 0 Å². The Labute approximate surface area is 117 Å². The van der Waals surface area contributed by atoms with E-state index in [-0.39, 0.29) is 0 Å². The molecular formula is C16H26N2O. The second kappa shape index (κ2) is 6.40. The third-order valence-electron chi connectivity index (χ3n) is 3.89. The van der Waals surface area contributed by atoms with E-state index in [4.69, 9.17) is 4.74 Å². The summed E-state index contributed by atoms with van der Waals surface area (Å²) in [7, 11) is 3.94. The molecular weight excluding hydrogens is 236 g/mol. The lowest BCUT2D eigenvalue weighted by Gasteiger charge is -2.32. The summed E-state index contributed by atoms with van der Waals surface area (Å²) < 4.78 is 5.43. The highest BCUT2D eigenvalue weighted by molar-refractivity contribution is 5.36. The van der Waals surface area contributed by atoms with Crippen molar-refractivity contribution in [2.24, 2.45) is 0 Å². The van der Waals surface area contributed by atoms with Crippen LogP contribution in [0.4, 0.5) is 0 Å². The molecule has 1 saturated heterocycles. The molecule has 106 valence electrons. The van der Waals surface area contributed by atoms with Crippen molar-refractivity contribution in [3.63, 3.8) is 0 Å². The fraction of sp³-hybridized carbons (Fsp3) is 0.625. The fourth-order valence-electron chi connectivity index (χ4n) is 2.49. The van der Waals surface area contributed by atoms with Gasteiger partial charge in [0, 0.05) is 32.7 Å². The van der Waals surface area contributed by atoms with Gasteiger partial charge in [0.25, 0.3) is 0 Å². The molecule has 1 aliphatic heterocycles. The van der Waals surface area contributed by atoms with Crippen LogP contribution in [-0.2, 0) is 6.54 Å². The molecule has 3 heteroatoms. The zero-order chi connectivity index (χ0) is 13.8. The van der Waals surface area contributed by atoms with Crippen LogP contribution in [0.15, 0.2) is 18.2 Å².